The van der Waals surface area contributed by atoms with E-state index in [9.17, 15) is 4.79 Å². The van der Waals surface area contributed by atoms with Crippen LogP contribution in [0.2, 0.25) is 0 Å². The molecule has 3 N–H and O–H groups in total. The Morgan fingerprint density at radius 1 is 1.40 bits per heavy atom. The van der Waals surface area contributed by atoms with Gasteiger partial charge in [0.1, 0.15) is 0 Å². The van der Waals surface area contributed by atoms with Gasteiger partial charge in [-0.25, -0.2) is 0 Å². The van der Waals surface area contributed by atoms with Gasteiger partial charge in [0.2, 0.25) is 12.7 Å². The zero-order valence-electron chi connectivity index (χ0n) is 11.3. The molecule has 0 aliphatic carbocycles. The molecule has 0 aromatic heterocycles. The number of carbonyl (C=O) groups excluding carboxylic acids is 1. The smallest absolute Gasteiger partial charge is 0.238 e. The van der Waals surface area contributed by atoms with Crippen LogP contribution in [0, 0.1) is 0 Å². The number of amides is 1. The summed E-state index contributed by atoms with van der Waals surface area (Å²) in [5, 5.41) is 2.88. The van der Waals surface area contributed by atoms with E-state index in [1.54, 1.807) is 12.1 Å². The fourth-order valence-corrected chi connectivity index (χ4v) is 2.61. The van der Waals surface area contributed by atoms with Crippen LogP contribution in [0.1, 0.15) is 12.8 Å². The van der Waals surface area contributed by atoms with Gasteiger partial charge in [-0.3, -0.25) is 9.69 Å². The Balaban J connectivity index is 1.56. The third kappa shape index (κ3) is 3.02. The molecule has 0 spiro atoms. The Morgan fingerprint density at radius 2 is 2.25 bits per heavy atom. The number of benzene rings is 1. The molecule has 0 radical (unpaired) electrons. The van der Waals surface area contributed by atoms with Gasteiger partial charge >= 0.3 is 0 Å². The van der Waals surface area contributed by atoms with E-state index < -0.39 is 0 Å². The minimum absolute atomic E-state index is 0.0297. The number of fused-ring (bicyclic) bond motifs is 1. The lowest BCUT2D eigenvalue weighted by Gasteiger charge is -2.29. The highest BCUT2D eigenvalue weighted by atomic mass is 16.7. The van der Waals surface area contributed by atoms with Crippen molar-refractivity contribution in [3.05, 3.63) is 18.2 Å². The van der Waals surface area contributed by atoms with Crippen molar-refractivity contribution in [2.45, 2.75) is 18.9 Å². The molecule has 1 aromatic carbocycles. The molecule has 20 heavy (non-hydrogen) atoms. The monoisotopic (exact) mass is 277 g/mol. The van der Waals surface area contributed by atoms with Gasteiger partial charge in [-0.15, -0.1) is 0 Å². The minimum atomic E-state index is -0.0297. The number of carbonyl (C=O) groups is 1. The second-order valence-corrected chi connectivity index (χ2v) is 5.25. The summed E-state index contributed by atoms with van der Waals surface area (Å²) >= 11 is 0. The maximum atomic E-state index is 12.0. The predicted molar refractivity (Wildman–Crippen MR) is 74.8 cm³/mol. The third-order valence-electron chi connectivity index (χ3n) is 3.57. The first kappa shape index (κ1) is 13.2. The van der Waals surface area contributed by atoms with E-state index in [1.165, 1.54) is 0 Å². The standard InChI is InChI=1S/C14H19N3O3/c15-10-2-1-5-17(7-10)8-14(18)16-11-3-4-12-13(6-11)20-9-19-12/h3-4,6,10H,1-2,5,7-9,15H2,(H,16,18)/t10-/m1/s1. The molecule has 0 unspecified atom stereocenters. The Hall–Kier alpha value is -1.79. The summed E-state index contributed by atoms with van der Waals surface area (Å²) in [4.78, 5) is 14.1. The van der Waals surface area contributed by atoms with Crippen LogP contribution >= 0.6 is 0 Å². The molecule has 0 bridgehead atoms. The summed E-state index contributed by atoms with van der Waals surface area (Å²) in [6, 6.07) is 5.58. The van der Waals surface area contributed by atoms with Gasteiger partial charge in [0.15, 0.2) is 11.5 Å². The highest BCUT2D eigenvalue weighted by molar-refractivity contribution is 5.92. The molecule has 1 atom stereocenters. The maximum absolute atomic E-state index is 12.0. The third-order valence-corrected chi connectivity index (χ3v) is 3.57. The number of hydrogen-bond acceptors (Lipinski definition) is 5. The van der Waals surface area contributed by atoms with Crippen molar-refractivity contribution < 1.29 is 14.3 Å². The molecule has 6 nitrogen and oxygen atoms in total. The molecule has 1 saturated heterocycles. The average Bonchev–Trinajstić information content (AvgIpc) is 2.86. The Morgan fingerprint density at radius 3 is 3.10 bits per heavy atom. The lowest BCUT2D eigenvalue weighted by molar-refractivity contribution is -0.117. The van der Waals surface area contributed by atoms with E-state index in [2.05, 4.69) is 10.2 Å². The van der Waals surface area contributed by atoms with Crippen LogP contribution in [0.5, 0.6) is 11.5 Å². The average molecular weight is 277 g/mol. The Labute approximate surface area is 117 Å². The zero-order valence-corrected chi connectivity index (χ0v) is 11.3. The van der Waals surface area contributed by atoms with Crippen LogP contribution in [0.4, 0.5) is 5.69 Å². The fourth-order valence-electron chi connectivity index (χ4n) is 2.61. The highest BCUT2D eigenvalue weighted by Crippen LogP contribution is 2.34. The predicted octanol–water partition coefficient (Wildman–Crippen LogP) is 0.777. The lowest BCUT2D eigenvalue weighted by atomic mass is 10.1. The molecule has 1 amide bonds. The molecule has 1 aromatic rings. The van der Waals surface area contributed by atoms with Crippen LogP contribution < -0.4 is 20.5 Å². The minimum Gasteiger partial charge on any atom is -0.454 e. The van der Waals surface area contributed by atoms with Crippen LogP contribution in [0.3, 0.4) is 0 Å². The van der Waals surface area contributed by atoms with Crippen LogP contribution in [-0.2, 0) is 4.79 Å². The molecular weight excluding hydrogens is 258 g/mol. The number of rotatable bonds is 3. The van der Waals surface area contributed by atoms with Gasteiger partial charge in [0, 0.05) is 24.3 Å². The van der Waals surface area contributed by atoms with Gasteiger partial charge in [0.05, 0.1) is 6.54 Å². The van der Waals surface area contributed by atoms with Gasteiger partial charge < -0.3 is 20.5 Å². The molecule has 2 heterocycles. The van der Waals surface area contributed by atoms with E-state index in [1.807, 2.05) is 6.07 Å². The van der Waals surface area contributed by atoms with Gasteiger partial charge in [-0.1, -0.05) is 0 Å². The van der Waals surface area contributed by atoms with Crippen LogP contribution in [0.15, 0.2) is 18.2 Å². The second-order valence-electron chi connectivity index (χ2n) is 5.25. The van der Waals surface area contributed by atoms with Crippen molar-refractivity contribution in [1.29, 1.82) is 0 Å². The van der Waals surface area contributed by atoms with Crippen molar-refractivity contribution in [1.82, 2.24) is 4.90 Å². The molecule has 2 aliphatic rings. The number of hydrogen-bond donors (Lipinski definition) is 2. The van der Waals surface area contributed by atoms with Gasteiger partial charge in [0.25, 0.3) is 0 Å². The largest absolute Gasteiger partial charge is 0.454 e. The van der Waals surface area contributed by atoms with E-state index in [0.717, 1.165) is 31.6 Å². The first-order valence-electron chi connectivity index (χ1n) is 6.88. The normalized spacial score (nSPS) is 21.8. The van der Waals surface area contributed by atoms with Crippen molar-refractivity contribution in [3.63, 3.8) is 0 Å². The Bertz CT molecular complexity index is 506. The van der Waals surface area contributed by atoms with E-state index in [0.29, 0.717) is 18.0 Å². The summed E-state index contributed by atoms with van der Waals surface area (Å²) in [7, 11) is 0. The second kappa shape index (κ2) is 5.68. The van der Waals surface area contributed by atoms with Crippen molar-refractivity contribution in [3.8, 4) is 11.5 Å². The molecule has 6 heteroatoms. The van der Waals surface area contributed by atoms with E-state index >= 15 is 0 Å². The van der Waals surface area contributed by atoms with Gasteiger partial charge in [-0.2, -0.15) is 0 Å². The van der Waals surface area contributed by atoms with Crippen molar-refractivity contribution in [2.75, 3.05) is 31.7 Å². The van der Waals surface area contributed by atoms with E-state index in [4.69, 9.17) is 15.2 Å². The quantitative estimate of drug-likeness (QED) is 0.853. The highest BCUT2D eigenvalue weighted by Gasteiger charge is 2.19. The molecule has 3 rings (SSSR count). The van der Waals surface area contributed by atoms with Crippen LogP contribution in [-0.4, -0.2) is 43.3 Å². The maximum Gasteiger partial charge on any atom is 0.238 e. The summed E-state index contributed by atoms with van der Waals surface area (Å²) in [5.74, 6) is 1.35. The summed E-state index contributed by atoms with van der Waals surface area (Å²) in [6.07, 6.45) is 2.10. The molecule has 2 aliphatic heterocycles. The SMILES string of the molecule is N[C@@H]1CCCN(CC(=O)Nc2ccc3c(c2)OCO3)C1. The first-order valence-corrected chi connectivity index (χ1v) is 6.88. The summed E-state index contributed by atoms with van der Waals surface area (Å²) < 4.78 is 10.5. The number of nitrogens with zero attached hydrogens (tertiary/aromatic N) is 1. The Kier molecular flexibility index (Phi) is 3.75. The molecule has 108 valence electrons. The number of ether oxygens (including phenoxy) is 2. The number of anilines is 1. The number of nitrogens with one attached hydrogen (secondary N) is 1. The number of nitrogens with two attached hydrogens (primary N) is 1. The van der Waals surface area contributed by atoms with Crippen molar-refractivity contribution >= 4 is 11.6 Å². The molecule has 0 saturated carbocycles. The summed E-state index contributed by atoms with van der Waals surface area (Å²) in [6.45, 7) is 2.33. The fraction of sp³-hybridized carbons (Fsp3) is 0.500. The lowest BCUT2D eigenvalue weighted by Crippen LogP contribution is -2.45. The molecule has 1 fully saturated rings. The number of piperidine rings is 1. The zero-order chi connectivity index (χ0) is 13.9. The van der Waals surface area contributed by atoms with Gasteiger partial charge in [-0.05, 0) is 31.5 Å². The topological polar surface area (TPSA) is 76.8 Å². The summed E-state index contributed by atoms with van der Waals surface area (Å²) in [5.41, 5.74) is 6.63. The number of likely N-dealkylation sites (tertiary alicyclic amines) is 1. The molecular formula is C14H19N3O3. The van der Waals surface area contributed by atoms with Crippen molar-refractivity contribution in [2.24, 2.45) is 5.73 Å². The van der Waals surface area contributed by atoms with Crippen LogP contribution in [0.25, 0.3) is 0 Å². The van der Waals surface area contributed by atoms with E-state index in [-0.39, 0.29) is 18.7 Å². The first-order chi connectivity index (χ1) is 9.70.